The lowest BCUT2D eigenvalue weighted by Crippen LogP contribution is -2.28. The number of aryl methyl sites for hydroxylation is 1. The minimum Gasteiger partial charge on any atom is -0.495 e. The van der Waals surface area contributed by atoms with Crippen LogP contribution in [0.15, 0.2) is 42.5 Å². The quantitative estimate of drug-likeness (QED) is 0.685. The molecule has 0 bridgehead atoms. The predicted octanol–water partition coefficient (Wildman–Crippen LogP) is 4.16. The van der Waals surface area contributed by atoms with E-state index in [2.05, 4.69) is 10.6 Å². The Kier molecular flexibility index (Phi) is 6.88. The van der Waals surface area contributed by atoms with Gasteiger partial charge in [-0.3, -0.25) is 9.59 Å². The van der Waals surface area contributed by atoms with Crippen LogP contribution < -0.4 is 21.1 Å². The Balaban J connectivity index is 1.71. The van der Waals surface area contributed by atoms with Gasteiger partial charge < -0.3 is 21.1 Å². The van der Waals surface area contributed by atoms with Crippen molar-refractivity contribution in [3.63, 3.8) is 0 Å². The third-order valence-electron chi connectivity index (χ3n) is 5.42. The first-order valence-corrected chi connectivity index (χ1v) is 10.1. The Morgan fingerprint density at radius 3 is 2.38 bits per heavy atom. The van der Waals surface area contributed by atoms with Crippen molar-refractivity contribution in [3.05, 3.63) is 53.6 Å². The van der Waals surface area contributed by atoms with Crippen molar-refractivity contribution >= 4 is 23.2 Å². The van der Waals surface area contributed by atoms with Gasteiger partial charge in [0.25, 0.3) is 0 Å². The average Bonchev–Trinajstić information content (AvgIpc) is 2.74. The number of nitrogens with one attached hydrogen (secondary N) is 2. The summed E-state index contributed by atoms with van der Waals surface area (Å²) in [6.07, 6.45) is 5.19. The summed E-state index contributed by atoms with van der Waals surface area (Å²) < 4.78 is 5.37. The standard InChI is InChI=1S/C23H29N3O3/c1-15-8-10-16(11-9-15)21(24)23(28)25-18-12-13-20(29-2)19(14-18)26-22(27)17-6-4-3-5-7-17/h8-14,17,21H,3-7,24H2,1-2H3,(H,25,28)(H,26,27). The number of anilines is 2. The molecule has 6 heteroatoms. The molecule has 1 aliphatic carbocycles. The maximum absolute atomic E-state index is 12.6. The van der Waals surface area contributed by atoms with Gasteiger partial charge in [0.2, 0.25) is 11.8 Å². The van der Waals surface area contributed by atoms with Crippen LogP contribution in [0.5, 0.6) is 5.75 Å². The molecule has 154 valence electrons. The number of methoxy groups -OCH3 is 1. The molecule has 0 radical (unpaired) electrons. The van der Waals surface area contributed by atoms with E-state index in [-0.39, 0.29) is 17.7 Å². The molecule has 0 saturated heterocycles. The van der Waals surface area contributed by atoms with Crippen molar-refractivity contribution in [2.45, 2.75) is 45.1 Å². The van der Waals surface area contributed by atoms with Crippen molar-refractivity contribution in [1.29, 1.82) is 0 Å². The van der Waals surface area contributed by atoms with Crippen molar-refractivity contribution in [2.75, 3.05) is 17.7 Å². The summed E-state index contributed by atoms with van der Waals surface area (Å²) >= 11 is 0. The number of benzene rings is 2. The molecule has 0 aromatic heterocycles. The highest BCUT2D eigenvalue weighted by Crippen LogP contribution is 2.31. The molecule has 2 amide bonds. The highest BCUT2D eigenvalue weighted by Gasteiger charge is 2.22. The first-order chi connectivity index (χ1) is 14.0. The predicted molar refractivity (Wildman–Crippen MR) is 115 cm³/mol. The lowest BCUT2D eigenvalue weighted by atomic mass is 9.88. The van der Waals surface area contributed by atoms with Crippen molar-refractivity contribution < 1.29 is 14.3 Å². The van der Waals surface area contributed by atoms with Crippen LogP contribution in [0.4, 0.5) is 11.4 Å². The SMILES string of the molecule is COc1ccc(NC(=O)C(N)c2ccc(C)cc2)cc1NC(=O)C1CCCCC1. The topological polar surface area (TPSA) is 93.4 Å². The number of nitrogens with two attached hydrogens (primary N) is 1. The van der Waals surface area contributed by atoms with Crippen LogP contribution in [-0.4, -0.2) is 18.9 Å². The van der Waals surface area contributed by atoms with E-state index < -0.39 is 6.04 Å². The van der Waals surface area contributed by atoms with Gasteiger partial charge in [0.1, 0.15) is 11.8 Å². The minimum absolute atomic E-state index is 0.00262. The van der Waals surface area contributed by atoms with Gasteiger partial charge in [-0.2, -0.15) is 0 Å². The Bertz CT molecular complexity index is 858. The number of hydrogen-bond acceptors (Lipinski definition) is 4. The van der Waals surface area contributed by atoms with Gasteiger partial charge in [0.05, 0.1) is 12.8 Å². The molecule has 3 rings (SSSR count). The lowest BCUT2D eigenvalue weighted by molar-refractivity contribution is -0.120. The molecule has 1 aliphatic rings. The van der Waals surface area contributed by atoms with Crippen molar-refractivity contribution in [3.8, 4) is 5.75 Å². The first-order valence-electron chi connectivity index (χ1n) is 10.1. The molecule has 0 spiro atoms. The van der Waals surface area contributed by atoms with Gasteiger partial charge >= 0.3 is 0 Å². The maximum Gasteiger partial charge on any atom is 0.245 e. The molecule has 1 atom stereocenters. The molecule has 2 aromatic rings. The smallest absolute Gasteiger partial charge is 0.245 e. The number of hydrogen-bond donors (Lipinski definition) is 3. The number of rotatable bonds is 6. The fourth-order valence-corrected chi connectivity index (χ4v) is 3.63. The molecule has 6 nitrogen and oxygen atoms in total. The van der Waals surface area contributed by atoms with E-state index in [1.807, 2.05) is 31.2 Å². The third-order valence-corrected chi connectivity index (χ3v) is 5.42. The van der Waals surface area contributed by atoms with Crippen LogP contribution in [0.2, 0.25) is 0 Å². The van der Waals surface area contributed by atoms with Crippen LogP contribution >= 0.6 is 0 Å². The van der Waals surface area contributed by atoms with E-state index in [0.29, 0.717) is 17.1 Å². The number of carbonyl (C=O) groups excluding carboxylic acids is 2. The molecule has 2 aromatic carbocycles. The zero-order valence-corrected chi connectivity index (χ0v) is 17.0. The summed E-state index contributed by atoms with van der Waals surface area (Å²) in [5.74, 6) is 0.267. The van der Waals surface area contributed by atoms with Crippen LogP contribution in [0.25, 0.3) is 0 Å². The fraction of sp³-hybridized carbons (Fsp3) is 0.391. The van der Waals surface area contributed by atoms with Gasteiger partial charge in [-0.05, 0) is 43.5 Å². The summed E-state index contributed by atoms with van der Waals surface area (Å²) in [5.41, 5.74) is 9.05. The fourth-order valence-electron chi connectivity index (χ4n) is 3.63. The largest absolute Gasteiger partial charge is 0.495 e. The molecule has 4 N–H and O–H groups in total. The summed E-state index contributed by atoms with van der Waals surface area (Å²) in [6.45, 7) is 1.98. The zero-order valence-electron chi connectivity index (χ0n) is 17.0. The van der Waals surface area contributed by atoms with E-state index in [4.69, 9.17) is 10.5 Å². The average molecular weight is 396 g/mol. The second-order valence-electron chi connectivity index (χ2n) is 7.62. The van der Waals surface area contributed by atoms with E-state index in [1.54, 1.807) is 25.3 Å². The van der Waals surface area contributed by atoms with Gasteiger partial charge in [0.15, 0.2) is 0 Å². The van der Waals surface area contributed by atoms with Gasteiger partial charge in [-0.1, -0.05) is 49.1 Å². The summed E-state index contributed by atoms with van der Waals surface area (Å²) in [6, 6.07) is 11.9. The zero-order chi connectivity index (χ0) is 20.8. The second kappa shape index (κ2) is 9.56. The van der Waals surface area contributed by atoms with E-state index >= 15 is 0 Å². The summed E-state index contributed by atoms with van der Waals surface area (Å²) in [4.78, 5) is 25.2. The minimum atomic E-state index is -0.780. The number of carbonyl (C=O) groups is 2. The third kappa shape index (κ3) is 5.35. The van der Waals surface area contributed by atoms with Gasteiger partial charge in [-0.25, -0.2) is 0 Å². The summed E-state index contributed by atoms with van der Waals surface area (Å²) in [7, 11) is 1.55. The van der Waals surface area contributed by atoms with Crippen LogP contribution in [0.1, 0.15) is 49.3 Å². The molecule has 1 unspecified atom stereocenters. The highest BCUT2D eigenvalue weighted by molar-refractivity contribution is 5.98. The Morgan fingerprint density at radius 1 is 1.03 bits per heavy atom. The van der Waals surface area contributed by atoms with Crippen LogP contribution in [0.3, 0.4) is 0 Å². The molecular formula is C23H29N3O3. The van der Waals surface area contributed by atoms with Gasteiger partial charge in [-0.15, -0.1) is 0 Å². The molecule has 29 heavy (non-hydrogen) atoms. The molecule has 0 heterocycles. The molecule has 0 aliphatic heterocycles. The van der Waals surface area contributed by atoms with Crippen molar-refractivity contribution in [1.82, 2.24) is 0 Å². The van der Waals surface area contributed by atoms with E-state index in [9.17, 15) is 9.59 Å². The van der Waals surface area contributed by atoms with Gasteiger partial charge in [0, 0.05) is 11.6 Å². The maximum atomic E-state index is 12.6. The second-order valence-corrected chi connectivity index (χ2v) is 7.62. The van der Waals surface area contributed by atoms with Crippen LogP contribution in [-0.2, 0) is 9.59 Å². The summed E-state index contributed by atoms with van der Waals surface area (Å²) in [5, 5.41) is 5.79. The van der Waals surface area contributed by atoms with Crippen molar-refractivity contribution in [2.24, 2.45) is 11.7 Å². The van der Waals surface area contributed by atoms with E-state index in [0.717, 1.165) is 36.8 Å². The normalized spacial score (nSPS) is 15.4. The Morgan fingerprint density at radius 2 is 1.72 bits per heavy atom. The lowest BCUT2D eigenvalue weighted by Gasteiger charge is -2.21. The number of ether oxygens (including phenoxy) is 1. The molecular weight excluding hydrogens is 366 g/mol. The molecule has 1 fully saturated rings. The monoisotopic (exact) mass is 395 g/mol. The van der Waals surface area contributed by atoms with E-state index in [1.165, 1.54) is 6.42 Å². The first kappa shape index (κ1) is 20.9. The Labute approximate surface area is 171 Å². The number of amides is 2. The molecule has 1 saturated carbocycles. The highest BCUT2D eigenvalue weighted by atomic mass is 16.5. The Hall–Kier alpha value is -2.86. The van der Waals surface area contributed by atoms with Crippen LogP contribution in [0, 0.1) is 12.8 Å².